The first-order valence-corrected chi connectivity index (χ1v) is 15.8. The number of phenols is 2. The zero-order valence-corrected chi connectivity index (χ0v) is 28.1. The van der Waals surface area contributed by atoms with Gasteiger partial charge in [-0.05, 0) is 112 Å². The zero-order chi connectivity index (χ0) is 34.5. The first-order chi connectivity index (χ1) is 22.1. The van der Waals surface area contributed by atoms with Crippen molar-refractivity contribution in [2.75, 3.05) is 5.32 Å². The molecule has 9 heteroatoms. The normalized spacial score (nSPS) is 13.0. The van der Waals surface area contributed by atoms with Crippen molar-refractivity contribution in [2.24, 2.45) is 0 Å². The highest BCUT2D eigenvalue weighted by atomic mass is 16.6. The molecular weight excluding hydrogens is 594 g/mol. The molecule has 0 aliphatic rings. The van der Waals surface area contributed by atoms with E-state index in [-0.39, 0.29) is 17.9 Å². The second kappa shape index (κ2) is 14.2. The number of carbonyl (C=O) groups excluding carboxylic acids is 3. The molecule has 0 heterocycles. The number of aryl methyl sites for hydroxylation is 1. The maximum Gasteiger partial charge on any atom is 0.408 e. The largest absolute Gasteiger partial charge is 0.508 e. The molecule has 2 unspecified atom stereocenters. The summed E-state index contributed by atoms with van der Waals surface area (Å²) in [5, 5.41) is 28.0. The molecule has 9 nitrogen and oxygen atoms in total. The van der Waals surface area contributed by atoms with Gasteiger partial charge in [-0.15, -0.1) is 0 Å². The average molecular weight is 640 g/mol. The van der Waals surface area contributed by atoms with Gasteiger partial charge in [0.15, 0.2) is 0 Å². The summed E-state index contributed by atoms with van der Waals surface area (Å²) in [6, 6.07) is 22.4. The fourth-order valence-electron chi connectivity index (χ4n) is 5.38. The molecule has 0 aliphatic heterocycles. The number of ether oxygens (including phenoxy) is 1. The highest BCUT2D eigenvalue weighted by molar-refractivity contribution is 6.00. The first kappa shape index (κ1) is 34.8. The van der Waals surface area contributed by atoms with Gasteiger partial charge in [-0.3, -0.25) is 9.59 Å². The lowest BCUT2D eigenvalue weighted by molar-refractivity contribution is -0.147. The van der Waals surface area contributed by atoms with Crippen LogP contribution in [0.25, 0.3) is 10.8 Å². The summed E-state index contributed by atoms with van der Waals surface area (Å²) in [7, 11) is 0. The van der Waals surface area contributed by atoms with Gasteiger partial charge in [-0.1, -0.05) is 55.5 Å². The summed E-state index contributed by atoms with van der Waals surface area (Å²) in [5.74, 6) is -0.827. The van der Waals surface area contributed by atoms with Crippen LogP contribution in [-0.2, 0) is 20.7 Å². The number of hydrogen-bond acceptors (Lipinski definition) is 6. The van der Waals surface area contributed by atoms with Gasteiger partial charge in [-0.25, -0.2) is 4.79 Å². The number of nitrogens with zero attached hydrogens (tertiary/aromatic N) is 1. The Morgan fingerprint density at radius 3 is 2.13 bits per heavy atom. The van der Waals surface area contributed by atoms with Gasteiger partial charge < -0.3 is 30.5 Å². The second-order valence-corrected chi connectivity index (χ2v) is 13.4. The molecule has 4 aromatic carbocycles. The predicted molar refractivity (Wildman–Crippen MR) is 184 cm³/mol. The van der Waals surface area contributed by atoms with E-state index in [1.807, 2.05) is 63.2 Å². The Morgan fingerprint density at radius 1 is 0.851 bits per heavy atom. The Kier molecular flexibility index (Phi) is 10.5. The quantitative estimate of drug-likeness (QED) is 0.143. The van der Waals surface area contributed by atoms with Crippen LogP contribution in [0.3, 0.4) is 0 Å². The van der Waals surface area contributed by atoms with E-state index in [4.69, 9.17) is 4.74 Å². The lowest BCUT2D eigenvalue weighted by atomic mass is 9.90. The van der Waals surface area contributed by atoms with Gasteiger partial charge in [0.05, 0.1) is 0 Å². The fourth-order valence-corrected chi connectivity index (χ4v) is 5.38. The second-order valence-electron chi connectivity index (χ2n) is 13.4. The van der Waals surface area contributed by atoms with Crippen molar-refractivity contribution in [1.29, 1.82) is 0 Å². The molecule has 0 fully saturated rings. The number of hydrogen-bond donors (Lipinski definition) is 4. The molecule has 0 saturated carbocycles. The average Bonchev–Trinajstić information content (AvgIpc) is 3.00. The van der Waals surface area contributed by atoms with E-state index < -0.39 is 41.1 Å². The summed E-state index contributed by atoms with van der Waals surface area (Å²) in [6.45, 7) is 12.6. The van der Waals surface area contributed by atoms with Crippen LogP contribution < -0.4 is 10.6 Å². The number of amides is 3. The molecule has 248 valence electrons. The van der Waals surface area contributed by atoms with E-state index in [1.54, 1.807) is 52.0 Å². The van der Waals surface area contributed by atoms with Crippen molar-refractivity contribution >= 4 is 34.4 Å². The Hall–Kier alpha value is -5.05. The van der Waals surface area contributed by atoms with Gasteiger partial charge in [0, 0.05) is 17.6 Å². The number of fused-ring (bicyclic) bond motifs is 1. The molecule has 4 rings (SSSR count). The Balaban J connectivity index is 1.83. The minimum Gasteiger partial charge on any atom is -0.508 e. The Morgan fingerprint density at radius 2 is 1.51 bits per heavy atom. The number of benzene rings is 4. The fraction of sp³-hybridized carbons (Fsp3) is 0.342. The van der Waals surface area contributed by atoms with Gasteiger partial charge in [0.25, 0.3) is 5.91 Å². The minimum atomic E-state index is -1.15. The summed E-state index contributed by atoms with van der Waals surface area (Å²) in [6.07, 6.45) is -0.225. The molecule has 0 saturated heterocycles. The van der Waals surface area contributed by atoms with Crippen molar-refractivity contribution in [1.82, 2.24) is 10.2 Å². The van der Waals surface area contributed by atoms with E-state index in [0.717, 1.165) is 10.8 Å². The van der Waals surface area contributed by atoms with Crippen LogP contribution in [0.1, 0.15) is 70.7 Å². The third kappa shape index (κ3) is 8.82. The van der Waals surface area contributed by atoms with Crippen LogP contribution in [0.4, 0.5) is 10.5 Å². The number of phenolic OH excluding ortho intramolecular Hbond substituents is 2. The molecule has 0 aromatic heterocycles. The molecular formula is C38H45N3O6. The van der Waals surface area contributed by atoms with Crippen LogP contribution in [-0.4, -0.2) is 50.2 Å². The number of carbonyl (C=O) groups is 3. The lowest BCUT2D eigenvalue weighted by Gasteiger charge is -2.44. The molecule has 4 N–H and O–H groups in total. The highest BCUT2D eigenvalue weighted by Gasteiger charge is 2.43. The van der Waals surface area contributed by atoms with Gasteiger partial charge in [0.1, 0.15) is 29.2 Å². The Bertz CT molecular complexity index is 1740. The third-order valence-electron chi connectivity index (χ3n) is 8.18. The highest BCUT2D eigenvalue weighted by Crippen LogP contribution is 2.35. The van der Waals surface area contributed by atoms with E-state index in [1.165, 1.54) is 23.1 Å². The first-order valence-electron chi connectivity index (χ1n) is 15.8. The van der Waals surface area contributed by atoms with E-state index in [2.05, 4.69) is 10.6 Å². The molecule has 47 heavy (non-hydrogen) atoms. The van der Waals surface area contributed by atoms with Crippen molar-refractivity contribution in [3.05, 3.63) is 102 Å². The van der Waals surface area contributed by atoms with Crippen molar-refractivity contribution in [3.63, 3.8) is 0 Å². The lowest BCUT2D eigenvalue weighted by Crippen LogP contribution is -2.59. The predicted octanol–water partition coefficient (Wildman–Crippen LogP) is 7.39. The molecule has 0 radical (unpaired) electrons. The Labute approximate surface area is 276 Å². The summed E-state index contributed by atoms with van der Waals surface area (Å²) in [4.78, 5) is 44.0. The molecule has 3 amide bonds. The molecule has 0 spiro atoms. The van der Waals surface area contributed by atoms with Crippen LogP contribution in [0.15, 0.2) is 84.9 Å². The minimum absolute atomic E-state index is 0.0619. The summed E-state index contributed by atoms with van der Waals surface area (Å²) < 4.78 is 5.53. The van der Waals surface area contributed by atoms with Crippen molar-refractivity contribution in [2.45, 2.75) is 84.5 Å². The number of anilines is 1. The van der Waals surface area contributed by atoms with E-state index >= 15 is 0 Å². The van der Waals surface area contributed by atoms with Gasteiger partial charge in [-0.2, -0.15) is 0 Å². The topological polar surface area (TPSA) is 128 Å². The molecule has 0 aliphatic carbocycles. The van der Waals surface area contributed by atoms with Crippen molar-refractivity contribution in [3.8, 4) is 11.5 Å². The number of aromatic hydroxyl groups is 2. The monoisotopic (exact) mass is 639 g/mol. The smallest absolute Gasteiger partial charge is 0.408 e. The zero-order valence-electron chi connectivity index (χ0n) is 28.1. The van der Waals surface area contributed by atoms with Crippen LogP contribution >= 0.6 is 0 Å². The van der Waals surface area contributed by atoms with Crippen LogP contribution in [0.5, 0.6) is 11.5 Å². The molecule has 4 aromatic rings. The third-order valence-corrected chi connectivity index (χ3v) is 8.18. The van der Waals surface area contributed by atoms with Gasteiger partial charge >= 0.3 is 6.09 Å². The maximum absolute atomic E-state index is 14.9. The van der Waals surface area contributed by atoms with Crippen molar-refractivity contribution < 1.29 is 29.3 Å². The van der Waals surface area contributed by atoms with Crippen LogP contribution in [0, 0.1) is 6.92 Å². The van der Waals surface area contributed by atoms with E-state index in [0.29, 0.717) is 28.8 Å². The number of alkyl carbamates (subject to hydrolysis) is 1. The van der Waals surface area contributed by atoms with Gasteiger partial charge in [0.2, 0.25) is 5.91 Å². The number of rotatable bonds is 10. The standard InChI is InChI=1S/C38H45N3O6/c1-8-38(6,7)41(35(45)31(40-36(46)47-37(3,4)5)22-25-13-18-30(42)19-14-25)33(28-16-20-32(43)24(2)21-28)34(44)39-29-17-15-26-11-9-10-12-27(26)23-29/h9-21,23,31,33,42-43H,8,22H2,1-7H3,(H,39,44)(H,40,46). The number of nitrogens with one attached hydrogen (secondary N) is 2. The SMILES string of the molecule is CCC(C)(C)N(C(=O)C(Cc1ccc(O)cc1)NC(=O)OC(C)(C)C)C(C(=O)Nc1ccc2ccccc2c1)c1ccc(O)c(C)c1. The molecule has 0 bridgehead atoms. The summed E-state index contributed by atoms with van der Waals surface area (Å²) in [5.41, 5.74) is 0.587. The van der Waals surface area contributed by atoms with E-state index in [9.17, 15) is 24.6 Å². The molecule has 2 atom stereocenters. The maximum atomic E-state index is 14.9. The summed E-state index contributed by atoms with van der Waals surface area (Å²) >= 11 is 0. The van der Waals surface area contributed by atoms with Crippen LogP contribution in [0.2, 0.25) is 0 Å².